The summed E-state index contributed by atoms with van der Waals surface area (Å²) < 4.78 is 5.59. The second-order valence-corrected chi connectivity index (χ2v) is 4.94. The summed E-state index contributed by atoms with van der Waals surface area (Å²) in [5.41, 5.74) is 2.22. The summed E-state index contributed by atoms with van der Waals surface area (Å²) in [6, 6.07) is 6.35. The number of ether oxygens (including phenoxy) is 1. The van der Waals surface area contributed by atoms with Crippen LogP contribution in [0, 0.1) is 0 Å². The van der Waals surface area contributed by atoms with Gasteiger partial charge in [-0.2, -0.15) is 0 Å². The molecular weight excluding hydrogens is 228 g/mol. The number of likely N-dealkylation sites (N-methyl/N-ethyl adjacent to an activating group) is 1. The first-order valence-electron chi connectivity index (χ1n) is 6.51. The molecule has 2 aliphatic rings. The number of nitrogens with one attached hydrogen (secondary N) is 1. The zero-order valence-electron chi connectivity index (χ0n) is 10.6. The van der Waals surface area contributed by atoms with Gasteiger partial charge in [-0.15, -0.1) is 0 Å². The fourth-order valence-electron chi connectivity index (χ4n) is 2.67. The van der Waals surface area contributed by atoms with Gasteiger partial charge in [-0.25, -0.2) is 0 Å². The summed E-state index contributed by atoms with van der Waals surface area (Å²) in [7, 11) is 1.90. The molecule has 18 heavy (non-hydrogen) atoms. The lowest BCUT2D eigenvalue weighted by molar-refractivity contribution is -0.117. The number of hydrogen-bond donors (Lipinski definition) is 1. The lowest BCUT2D eigenvalue weighted by atomic mass is 10.1. The van der Waals surface area contributed by atoms with Crippen LogP contribution < -0.4 is 15.0 Å². The molecule has 1 saturated heterocycles. The van der Waals surface area contributed by atoms with E-state index in [0.29, 0.717) is 6.42 Å². The van der Waals surface area contributed by atoms with Crippen LogP contribution in [0.1, 0.15) is 18.4 Å². The maximum atomic E-state index is 12.0. The number of carbonyl (C=O) groups is 1. The van der Waals surface area contributed by atoms with Crippen molar-refractivity contribution >= 4 is 11.6 Å². The highest BCUT2D eigenvalue weighted by Crippen LogP contribution is 2.30. The van der Waals surface area contributed by atoms with E-state index in [1.807, 2.05) is 24.1 Å². The molecule has 0 radical (unpaired) electrons. The second kappa shape index (κ2) is 4.61. The van der Waals surface area contributed by atoms with Gasteiger partial charge in [-0.3, -0.25) is 4.79 Å². The predicted octanol–water partition coefficient (Wildman–Crippen LogP) is 1.34. The Morgan fingerprint density at radius 1 is 1.44 bits per heavy atom. The highest BCUT2D eigenvalue weighted by atomic mass is 16.5. The van der Waals surface area contributed by atoms with E-state index in [1.54, 1.807) is 0 Å². The van der Waals surface area contributed by atoms with Gasteiger partial charge in [0.2, 0.25) is 5.91 Å². The summed E-state index contributed by atoms with van der Waals surface area (Å²) >= 11 is 0. The zero-order valence-corrected chi connectivity index (χ0v) is 10.6. The SMILES string of the molecule is CNC1CC(=O)N(c2ccc3c(c2)CCCO3)C1. The molecule has 1 amide bonds. The number of fused-ring (bicyclic) bond motifs is 1. The topological polar surface area (TPSA) is 41.6 Å². The Labute approximate surface area is 107 Å². The van der Waals surface area contributed by atoms with Gasteiger partial charge in [0, 0.05) is 24.7 Å². The van der Waals surface area contributed by atoms with Crippen LogP contribution >= 0.6 is 0 Å². The fourth-order valence-corrected chi connectivity index (χ4v) is 2.67. The molecule has 1 aromatic carbocycles. The standard InChI is InChI=1S/C14H18N2O2/c1-15-11-8-14(17)16(9-11)12-4-5-13-10(7-12)3-2-6-18-13/h4-5,7,11,15H,2-3,6,8-9H2,1H3. The van der Waals surface area contributed by atoms with Crippen molar-refractivity contribution in [3.05, 3.63) is 23.8 Å². The van der Waals surface area contributed by atoms with Gasteiger partial charge in [-0.05, 0) is 43.7 Å². The number of carbonyl (C=O) groups excluding carboxylic acids is 1. The van der Waals surface area contributed by atoms with Gasteiger partial charge >= 0.3 is 0 Å². The van der Waals surface area contributed by atoms with Crippen molar-refractivity contribution in [2.24, 2.45) is 0 Å². The lowest BCUT2D eigenvalue weighted by Gasteiger charge is -2.21. The molecule has 2 heterocycles. The second-order valence-electron chi connectivity index (χ2n) is 4.94. The third-order valence-corrected chi connectivity index (χ3v) is 3.74. The van der Waals surface area contributed by atoms with Crippen LogP contribution in [0.2, 0.25) is 0 Å². The van der Waals surface area contributed by atoms with E-state index < -0.39 is 0 Å². The van der Waals surface area contributed by atoms with Crippen molar-refractivity contribution in [1.82, 2.24) is 5.32 Å². The molecule has 4 heteroatoms. The minimum Gasteiger partial charge on any atom is -0.493 e. The van der Waals surface area contributed by atoms with Gasteiger partial charge in [0.05, 0.1) is 6.61 Å². The Hall–Kier alpha value is -1.55. The van der Waals surface area contributed by atoms with Gasteiger partial charge in [0.15, 0.2) is 0 Å². The number of nitrogens with zero attached hydrogens (tertiary/aromatic N) is 1. The molecule has 96 valence electrons. The average Bonchev–Trinajstić information content (AvgIpc) is 2.79. The zero-order chi connectivity index (χ0) is 12.5. The first-order valence-corrected chi connectivity index (χ1v) is 6.51. The van der Waals surface area contributed by atoms with Crippen molar-refractivity contribution in [3.8, 4) is 5.75 Å². The number of benzene rings is 1. The highest BCUT2D eigenvalue weighted by Gasteiger charge is 2.29. The highest BCUT2D eigenvalue weighted by molar-refractivity contribution is 5.96. The van der Waals surface area contributed by atoms with E-state index in [0.717, 1.165) is 37.4 Å². The van der Waals surface area contributed by atoms with Gasteiger partial charge in [0.1, 0.15) is 5.75 Å². The lowest BCUT2D eigenvalue weighted by Crippen LogP contribution is -2.30. The molecule has 0 aliphatic carbocycles. The Morgan fingerprint density at radius 3 is 3.11 bits per heavy atom. The smallest absolute Gasteiger partial charge is 0.228 e. The largest absolute Gasteiger partial charge is 0.493 e. The molecule has 1 fully saturated rings. The Morgan fingerprint density at radius 2 is 2.33 bits per heavy atom. The third-order valence-electron chi connectivity index (χ3n) is 3.74. The van der Waals surface area contributed by atoms with E-state index in [2.05, 4.69) is 11.4 Å². The average molecular weight is 246 g/mol. The number of hydrogen-bond acceptors (Lipinski definition) is 3. The van der Waals surface area contributed by atoms with Crippen LogP contribution in [-0.2, 0) is 11.2 Å². The van der Waals surface area contributed by atoms with Crippen molar-refractivity contribution in [2.75, 3.05) is 25.1 Å². The summed E-state index contributed by atoms with van der Waals surface area (Å²) in [6.45, 7) is 1.56. The van der Waals surface area contributed by atoms with Crippen molar-refractivity contribution in [3.63, 3.8) is 0 Å². The fraction of sp³-hybridized carbons (Fsp3) is 0.500. The molecule has 0 aromatic heterocycles. The van der Waals surface area contributed by atoms with Crippen molar-refractivity contribution in [1.29, 1.82) is 0 Å². The van der Waals surface area contributed by atoms with Gasteiger partial charge in [-0.1, -0.05) is 0 Å². The first-order chi connectivity index (χ1) is 8.78. The van der Waals surface area contributed by atoms with Crippen molar-refractivity contribution in [2.45, 2.75) is 25.3 Å². The Kier molecular flexibility index (Phi) is 2.96. The molecule has 1 atom stereocenters. The van der Waals surface area contributed by atoms with Crippen LogP contribution in [-0.4, -0.2) is 32.1 Å². The monoisotopic (exact) mass is 246 g/mol. The van der Waals surface area contributed by atoms with E-state index in [1.165, 1.54) is 5.56 Å². The van der Waals surface area contributed by atoms with Crippen LogP contribution in [0.5, 0.6) is 5.75 Å². The maximum Gasteiger partial charge on any atom is 0.228 e. The predicted molar refractivity (Wildman–Crippen MR) is 70.1 cm³/mol. The molecule has 3 rings (SSSR count). The van der Waals surface area contributed by atoms with Crippen LogP contribution in [0.25, 0.3) is 0 Å². The van der Waals surface area contributed by atoms with E-state index >= 15 is 0 Å². The molecule has 1 N–H and O–H groups in total. The summed E-state index contributed by atoms with van der Waals surface area (Å²) in [5, 5.41) is 3.17. The Bertz CT molecular complexity index is 473. The van der Waals surface area contributed by atoms with Gasteiger partial charge < -0.3 is 15.0 Å². The molecule has 1 unspecified atom stereocenters. The van der Waals surface area contributed by atoms with Gasteiger partial charge in [0.25, 0.3) is 0 Å². The summed E-state index contributed by atoms with van der Waals surface area (Å²) in [5.74, 6) is 1.17. The quantitative estimate of drug-likeness (QED) is 0.856. The molecule has 0 spiro atoms. The van der Waals surface area contributed by atoms with Crippen LogP contribution in [0.3, 0.4) is 0 Å². The minimum absolute atomic E-state index is 0.200. The Balaban J connectivity index is 1.86. The van der Waals surface area contributed by atoms with E-state index in [9.17, 15) is 4.79 Å². The number of amides is 1. The third kappa shape index (κ3) is 1.97. The maximum absolute atomic E-state index is 12.0. The minimum atomic E-state index is 0.200. The first kappa shape index (κ1) is 11.5. The summed E-state index contributed by atoms with van der Waals surface area (Å²) in [4.78, 5) is 13.8. The normalized spacial score (nSPS) is 22.8. The number of aryl methyl sites for hydroxylation is 1. The van der Waals surface area contributed by atoms with Crippen molar-refractivity contribution < 1.29 is 9.53 Å². The number of rotatable bonds is 2. The van der Waals surface area contributed by atoms with Crippen LogP contribution in [0.15, 0.2) is 18.2 Å². The molecule has 4 nitrogen and oxygen atoms in total. The molecule has 2 aliphatic heterocycles. The van der Waals surface area contributed by atoms with E-state index in [-0.39, 0.29) is 11.9 Å². The number of anilines is 1. The molecule has 0 saturated carbocycles. The summed E-state index contributed by atoms with van der Waals surface area (Å²) in [6.07, 6.45) is 2.69. The molecule has 0 bridgehead atoms. The molecule has 1 aromatic rings. The molecular formula is C14H18N2O2. The van der Waals surface area contributed by atoms with Crippen LogP contribution in [0.4, 0.5) is 5.69 Å². The van der Waals surface area contributed by atoms with E-state index in [4.69, 9.17) is 4.74 Å².